The molecule has 4 aliphatic carbocycles. The number of hydrazone groups is 1. The molecule has 0 heterocycles. The molecule has 0 spiro atoms. The summed E-state index contributed by atoms with van der Waals surface area (Å²) in [5, 5.41) is 9.36. The lowest BCUT2D eigenvalue weighted by Gasteiger charge is -2.55. The van der Waals surface area contributed by atoms with Crippen LogP contribution in [0.25, 0.3) is 10.8 Å². The van der Waals surface area contributed by atoms with Gasteiger partial charge in [0, 0.05) is 16.8 Å². The Morgan fingerprint density at radius 2 is 1.60 bits per heavy atom. The lowest BCUT2D eigenvalue weighted by Crippen LogP contribution is -2.52. The van der Waals surface area contributed by atoms with E-state index in [2.05, 4.69) is 15.8 Å². The zero-order chi connectivity index (χ0) is 20.7. The second-order valence-corrected chi connectivity index (χ2v) is 9.74. The first-order chi connectivity index (χ1) is 14.5. The third-order valence-electron chi connectivity index (χ3n) is 7.35. The number of benzene rings is 2. The molecule has 4 aliphatic rings. The van der Waals surface area contributed by atoms with Crippen molar-refractivity contribution in [3.05, 3.63) is 42.5 Å². The predicted molar refractivity (Wildman–Crippen MR) is 119 cm³/mol. The fourth-order valence-corrected chi connectivity index (χ4v) is 6.45. The van der Waals surface area contributed by atoms with Crippen LogP contribution < -0.4 is 10.7 Å². The van der Waals surface area contributed by atoms with Crippen LogP contribution in [0.1, 0.15) is 51.9 Å². The molecule has 30 heavy (non-hydrogen) atoms. The van der Waals surface area contributed by atoms with Gasteiger partial charge in [-0.05, 0) is 74.7 Å². The second kappa shape index (κ2) is 7.53. The minimum atomic E-state index is -0.219. The molecule has 4 bridgehead atoms. The van der Waals surface area contributed by atoms with Crippen molar-refractivity contribution >= 4 is 34.0 Å². The molecule has 0 unspecified atom stereocenters. The number of nitrogens with zero attached hydrogens (tertiary/aromatic N) is 1. The van der Waals surface area contributed by atoms with Crippen molar-refractivity contribution in [3.8, 4) is 0 Å². The van der Waals surface area contributed by atoms with Gasteiger partial charge in [-0.15, -0.1) is 0 Å². The predicted octanol–water partition coefficient (Wildman–Crippen LogP) is 4.88. The van der Waals surface area contributed by atoms with Crippen molar-refractivity contribution < 1.29 is 9.59 Å². The topological polar surface area (TPSA) is 70.6 Å². The van der Waals surface area contributed by atoms with E-state index in [4.69, 9.17) is 0 Å². The largest absolute Gasteiger partial charge is 0.325 e. The Balaban J connectivity index is 1.21. The summed E-state index contributed by atoms with van der Waals surface area (Å²) < 4.78 is 0. The number of anilines is 1. The summed E-state index contributed by atoms with van der Waals surface area (Å²) in [7, 11) is 0. The van der Waals surface area contributed by atoms with Crippen LogP contribution in [-0.2, 0) is 9.59 Å². The number of carbonyl (C=O) groups excluding carboxylic acids is 2. The number of nitrogens with one attached hydrogen (secondary N) is 2. The van der Waals surface area contributed by atoms with Crippen LogP contribution in [0.2, 0.25) is 0 Å². The van der Waals surface area contributed by atoms with E-state index in [9.17, 15) is 9.59 Å². The van der Waals surface area contributed by atoms with Gasteiger partial charge in [-0.1, -0.05) is 36.4 Å². The fraction of sp³-hybridized carbons (Fsp3) is 0.480. The molecule has 2 aromatic rings. The summed E-state index contributed by atoms with van der Waals surface area (Å²) in [6, 6.07) is 13.8. The van der Waals surface area contributed by atoms with Gasteiger partial charge in [-0.2, -0.15) is 5.10 Å². The van der Waals surface area contributed by atoms with Gasteiger partial charge in [0.15, 0.2) is 0 Å². The van der Waals surface area contributed by atoms with E-state index in [1.54, 1.807) is 6.92 Å². The monoisotopic (exact) mass is 403 g/mol. The van der Waals surface area contributed by atoms with Gasteiger partial charge in [0.25, 0.3) is 0 Å². The van der Waals surface area contributed by atoms with Crippen molar-refractivity contribution in [1.82, 2.24) is 5.43 Å². The van der Waals surface area contributed by atoms with Crippen LogP contribution in [-0.4, -0.2) is 17.5 Å². The minimum Gasteiger partial charge on any atom is -0.325 e. The van der Waals surface area contributed by atoms with Gasteiger partial charge in [0.05, 0.1) is 11.8 Å². The van der Waals surface area contributed by atoms with Crippen molar-refractivity contribution in [1.29, 1.82) is 0 Å². The maximum Gasteiger partial charge on any atom is 0.246 e. The number of fused-ring (bicyclic) bond motifs is 1. The van der Waals surface area contributed by atoms with Crippen molar-refractivity contribution in [2.24, 2.45) is 28.3 Å². The maximum absolute atomic E-state index is 13.0. The molecule has 0 aromatic heterocycles. The van der Waals surface area contributed by atoms with Crippen LogP contribution in [0.3, 0.4) is 0 Å². The molecule has 0 atom stereocenters. The first-order valence-corrected chi connectivity index (χ1v) is 11.1. The normalized spacial score (nSPS) is 29.8. The average Bonchev–Trinajstić information content (AvgIpc) is 2.71. The number of hydrogen-bond donors (Lipinski definition) is 2. The molecule has 2 aromatic carbocycles. The summed E-state index contributed by atoms with van der Waals surface area (Å²) in [4.78, 5) is 25.5. The van der Waals surface area contributed by atoms with Gasteiger partial charge in [-0.25, -0.2) is 5.43 Å². The molecule has 4 saturated carbocycles. The van der Waals surface area contributed by atoms with E-state index in [1.165, 1.54) is 19.3 Å². The SMILES string of the molecule is C/C(CC(=O)Nc1cccc2ccccc12)=N/NC(=O)C12CC3CC(CC(C3)C1)C2. The van der Waals surface area contributed by atoms with Crippen molar-refractivity contribution in [3.63, 3.8) is 0 Å². The molecule has 0 radical (unpaired) electrons. The summed E-state index contributed by atoms with van der Waals surface area (Å²) in [5.41, 5.74) is 4.00. The Morgan fingerprint density at radius 1 is 0.967 bits per heavy atom. The summed E-state index contributed by atoms with van der Waals surface area (Å²) in [6.45, 7) is 1.79. The molecular formula is C25H29N3O2. The summed E-state index contributed by atoms with van der Waals surface area (Å²) in [6.07, 6.45) is 7.13. The molecule has 5 heteroatoms. The van der Waals surface area contributed by atoms with Crippen LogP contribution in [0.4, 0.5) is 5.69 Å². The van der Waals surface area contributed by atoms with E-state index in [0.29, 0.717) is 5.71 Å². The van der Waals surface area contributed by atoms with Crippen LogP contribution >= 0.6 is 0 Å². The van der Waals surface area contributed by atoms with Gasteiger partial charge in [0.1, 0.15) is 0 Å². The first kappa shape index (κ1) is 19.3. The van der Waals surface area contributed by atoms with Gasteiger partial charge in [0.2, 0.25) is 11.8 Å². The van der Waals surface area contributed by atoms with Gasteiger partial charge >= 0.3 is 0 Å². The number of carbonyl (C=O) groups is 2. The summed E-state index contributed by atoms with van der Waals surface area (Å²) >= 11 is 0. The van der Waals surface area contributed by atoms with E-state index in [1.807, 2.05) is 42.5 Å². The van der Waals surface area contributed by atoms with Gasteiger partial charge in [-0.3, -0.25) is 9.59 Å². The Morgan fingerprint density at radius 3 is 2.30 bits per heavy atom. The molecular weight excluding hydrogens is 374 g/mol. The highest BCUT2D eigenvalue weighted by Gasteiger charge is 2.54. The molecule has 0 saturated heterocycles. The Kier molecular flexibility index (Phi) is 4.84. The van der Waals surface area contributed by atoms with Gasteiger partial charge < -0.3 is 5.32 Å². The number of rotatable bonds is 5. The van der Waals surface area contributed by atoms with Crippen molar-refractivity contribution in [2.45, 2.75) is 51.9 Å². The molecule has 6 rings (SSSR count). The quantitative estimate of drug-likeness (QED) is 0.552. The van der Waals surface area contributed by atoms with E-state index in [0.717, 1.165) is 53.5 Å². The van der Waals surface area contributed by atoms with Crippen LogP contribution in [0.15, 0.2) is 47.6 Å². The zero-order valence-corrected chi connectivity index (χ0v) is 17.5. The van der Waals surface area contributed by atoms with E-state index >= 15 is 0 Å². The van der Waals surface area contributed by atoms with Crippen LogP contribution in [0.5, 0.6) is 0 Å². The van der Waals surface area contributed by atoms with Crippen molar-refractivity contribution in [2.75, 3.05) is 5.32 Å². The summed E-state index contributed by atoms with van der Waals surface area (Å²) in [5.74, 6) is 2.10. The Bertz CT molecular complexity index is 985. The molecule has 0 aliphatic heterocycles. The lowest BCUT2D eigenvalue weighted by atomic mass is 9.49. The standard InChI is InChI=1S/C25H29N3O2/c1-16(9-23(29)26-22-8-4-6-20-5-2-3-7-21(20)22)27-28-24(30)25-13-17-10-18(14-25)12-19(11-17)15-25/h2-8,17-19H,9-15H2,1H3,(H,26,29)(H,28,30)/b27-16-. The molecule has 5 nitrogen and oxygen atoms in total. The molecule has 156 valence electrons. The zero-order valence-electron chi connectivity index (χ0n) is 17.5. The highest BCUT2D eigenvalue weighted by atomic mass is 16.2. The third kappa shape index (κ3) is 3.62. The van der Waals surface area contributed by atoms with Crippen LogP contribution in [0, 0.1) is 23.2 Å². The number of hydrogen-bond acceptors (Lipinski definition) is 3. The highest BCUT2D eigenvalue weighted by molar-refractivity contribution is 6.09. The first-order valence-electron chi connectivity index (χ1n) is 11.1. The fourth-order valence-electron chi connectivity index (χ4n) is 6.45. The third-order valence-corrected chi connectivity index (χ3v) is 7.35. The van der Waals surface area contributed by atoms with E-state index in [-0.39, 0.29) is 23.7 Å². The Labute approximate surface area is 177 Å². The average molecular weight is 404 g/mol. The van der Waals surface area contributed by atoms with E-state index < -0.39 is 0 Å². The highest BCUT2D eigenvalue weighted by Crippen LogP contribution is 2.60. The smallest absolute Gasteiger partial charge is 0.246 e. The molecule has 2 N–H and O–H groups in total. The Hall–Kier alpha value is -2.69. The molecule has 2 amide bonds. The maximum atomic E-state index is 13.0. The second-order valence-electron chi connectivity index (χ2n) is 9.74. The molecule has 4 fully saturated rings. The lowest BCUT2D eigenvalue weighted by molar-refractivity contribution is -0.146. The minimum absolute atomic E-state index is 0.0652. The number of amides is 2.